The van der Waals surface area contributed by atoms with Crippen LogP contribution in [0.1, 0.15) is 46.6 Å². The van der Waals surface area contributed by atoms with Crippen molar-refractivity contribution in [1.82, 2.24) is 10.2 Å². The number of benzene rings is 1. The highest BCUT2D eigenvalue weighted by molar-refractivity contribution is 7.86. The molecule has 6 nitrogen and oxygen atoms in total. The van der Waals surface area contributed by atoms with Crippen LogP contribution in [0.3, 0.4) is 0 Å². The summed E-state index contributed by atoms with van der Waals surface area (Å²) < 4.78 is 28.0. The first-order valence-electron chi connectivity index (χ1n) is 8.09. The van der Waals surface area contributed by atoms with Crippen molar-refractivity contribution in [3.63, 3.8) is 0 Å². The van der Waals surface area contributed by atoms with Gasteiger partial charge in [0.15, 0.2) is 0 Å². The first-order chi connectivity index (χ1) is 11.3. The average molecular weight is 391 g/mol. The topological polar surface area (TPSA) is 75.7 Å². The highest BCUT2D eigenvalue weighted by Crippen LogP contribution is 2.26. The molecule has 0 saturated heterocycles. The number of hydrogen-bond acceptors (Lipinski definition) is 4. The predicted octanol–water partition coefficient (Wildman–Crippen LogP) is 3.79. The van der Waals surface area contributed by atoms with E-state index in [-0.39, 0.29) is 29.9 Å². The third-order valence-corrected chi connectivity index (χ3v) is 4.19. The van der Waals surface area contributed by atoms with Crippen LogP contribution in [-0.2, 0) is 16.7 Å². The van der Waals surface area contributed by atoms with Crippen molar-refractivity contribution in [3.8, 4) is 5.75 Å². The molecule has 1 N–H and O–H groups in total. The van der Waals surface area contributed by atoms with Gasteiger partial charge in [-0.05, 0) is 52.3 Å². The van der Waals surface area contributed by atoms with Gasteiger partial charge in [-0.3, -0.25) is 0 Å². The molecule has 1 rings (SSSR count). The second kappa shape index (κ2) is 8.27. The molecule has 142 valence electrons. The van der Waals surface area contributed by atoms with E-state index in [1.807, 2.05) is 34.6 Å². The molecule has 1 aromatic rings. The molecule has 0 radical (unpaired) electrons. The lowest BCUT2D eigenvalue weighted by atomic mass is 10.1. The smallest absolute Gasteiger partial charge is 0.318 e. The lowest BCUT2D eigenvalue weighted by Crippen LogP contribution is -2.50. The van der Waals surface area contributed by atoms with E-state index in [2.05, 4.69) is 5.32 Å². The van der Waals surface area contributed by atoms with Crippen molar-refractivity contribution in [3.05, 3.63) is 28.8 Å². The molecule has 25 heavy (non-hydrogen) atoms. The summed E-state index contributed by atoms with van der Waals surface area (Å²) in [6, 6.07) is 4.38. The second-order valence-corrected chi connectivity index (χ2v) is 9.12. The van der Waals surface area contributed by atoms with Crippen molar-refractivity contribution >= 4 is 27.8 Å². The van der Waals surface area contributed by atoms with E-state index in [4.69, 9.17) is 15.8 Å². The zero-order chi connectivity index (χ0) is 19.4. The number of nitrogens with one attached hydrogen (secondary N) is 1. The van der Waals surface area contributed by atoms with Gasteiger partial charge < -0.3 is 14.4 Å². The van der Waals surface area contributed by atoms with Crippen LogP contribution in [0.4, 0.5) is 4.79 Å². The van der Waals surface area contributed by atoms with Gasteiger partial charge in [0.2, 0.25) is 0 Å². The van der Waals surface area contributed by atoms with E-state index >= 15 is 0 Å². The fourth-order valence-electron chi connectivity index (χ4n) is 2.14. The molecule has 0 fully saturated rings. The molecule has 0 aliphatic rings. The number of halogens is 1. The van der Waals surface area contributed by atoms with Crippen LogP contribution in [0.25, 0.3) is 0 Å². The number of nitrogens with zero attached hydrogens (tertiary/aromatic N) is 1. The summed E-state index contributed by atoms with van der Waals surface area (Å²) in [5.74, 6) is 0.170. The molecule has 8 heteroatoms. The monoisotopic (exact) mass is 390 g/mol. The number of carbonyl (C=O) groups excluding carboxylic acids is 1. The molecule has 0 bridgehead atoms. The second-order valence-electron chi connectivity index (χ2n) is 7.10. The third kappa shape index (κ3) is 7.52. The van der Waals surface area contributed by atoms with Crippen LogP contribution < -0.4 is 9.50 Å². The maximum atomic E-state index is 12.7. The number of carbonyl (C=O) groups is 1. The van der Waals surface area contributed by atoms with Gasteiger partial charge >= 0.3 is 16.1 Å². The van der Waals surface area contributed by atoms with Gasteiger partial charge in [-0.2, -0.15) is 8.42 Å². The van der Waals surface area contributed by atoms with E-state index in [0.717, 1.165) is 12.7 Å². The number of rotatable bonds is 6. The minimum atomic E-state index is -3.69. The molecule has 1 aromatic carbocycles. The van der Waals surface area contributed by atoms with Crippen LogP contribution in [-0.4, -0.2) is 37.2 Å². The predicted molar refractivity (Wildman–Crippen MR) is 101 cm³/mol. The summed E-state index contributed by atoms with van der Waals surface area (Å²) >= 11 is 6.05. The third-order valence-electron chi connectivity index (χ3n) is 3.47. The van der Waals surface area contributed by atoms with E-state index < -0.39 is 10.1 Å². The zero-order valence-corrected chi connectivity index (χ0v) is 17.2. The molecule has 0 spiro atoms. The van der Waals surface area contributed by atoms with Crippen molar-refractivity contribution in [2.45, 2.75) is 59.2 Å². The van der Waals surface area contributed by atoms with Crippen LogP contribution in [0.2, 0.25) is 5.02 Å². The molecule has 0 aromatic heterocycles. The van der Waals surface area contributed by atoms with Crippen molar-refractivity contribution < 1.29 is 17.4 Å². The Morgan fingerprint density at radius 3 is 2.44 bits per heavy atom. The Morgan fingerprint density at radius 1 is 1.36 bits per heavy atom. The van der Waals surface area contributed by atoms with Gasteiger partial charge in [-0.1, -0.05) is 18.5 Å². The van der Waals surface area contributed by atoms with E-state index in [0.29, 0.717) is 10.6 Å². The van der Waals surface area contributed by atoms with Gasteiger partial charge in [0.1, 0.15) is 5.75 Å². The molecule has 1 atom stereocenters. The maximum absolute atomic E-state index is 12.7. The lowest BCUT2D eigenvalue weighted by molar-refractivity contribution is 0.164. The quantitative estimate of drug-likeness (QED) is 0.750. The summed E-state index contributed by atoms with van der Waals surface area (Å²) in [6.45, 7) is 9.80. The van der Waals surface area contributed by atoms with Gasteiger partial charge in [0.05, 0.1) is 12.8 Å². The Labute approximate surface area is 155 Å². The molecular formula is C17H27ClN2O4S. The summed E-state index contributed by atoms with van der Waals surface area (Å²) in [4.78, 5) is 14.3. The van der Waals surface area contributed by atoms with Gasteiger partial charge in [0, 0.05) is 22.2 Å². The molecule has 2 amide bonds. The van der Waals surface area contributed by atoms with Crippen LogP contribution in [0.15, 0.2) is 18.2 Å². The standard InChI is InChI=1S/C17H27ClN2O4S/c1-7-12(2)20(16(21)19-17(3,4)5)11-13-10-14(18)8-9-15(13)24-25(6,22)23/h8-10,12H,7,11H2,1-6H3,(H,19,21)/t12-/m1/s1. The van der Waals surface area contributed by atoms with Crippen molar-refractivity contribution in [2.24, 2.45) is 0 Å². The molecular weight excluding hydrogens is 364 g/mol. The Balaban J connectivity index is 3.19. The summed E-state index contributed by atoms with van der Waals surface area (Å²) in [6.07, 6.45) is 1.73. The normalized spacial score (nSPS) is 13.2. The molecule has 0 aliphatic heterocycles. The fraction of sp³-hybridized carbons (Fsp3) is 0.588. The van der Waals surface area contributed by atoms with Crippen molar-refractivity contribution in [1.29, 1.82) is 0 Å². The highest BCUT2D eigenvalue weighted by atomic mass is 35.5. The van der Waals surface area contributed by atoms with Gasteiger partial charge in [-0.25, -0.2) is 4.79 Å². The van der Waals surface area contributed by atoms with Gasteiger partial charge in [-0.15, -0.1) is 0 Å². The molecule has 0 unspecified atom stereocenters. The summed E-state index contributed by atoms with van der Waals surface area (Å²) in [5, 5.41) is 3.37. The first-order valence-corrected chi connectivity index (χ1v) is 10.3. The number of hydrogen-bond donors (Lipinski definition) is 1. The van der Waals surface area contributed by atoms with Crippen molar-refractivity contribution in [2.75, 3.05) is 6.26 Å². The first kappa shape index (κ1) is 21.6. The molecule has 0 aliphatic carbocycles. The summed E-state index contributed by atoms with van der Waals surface area (Å²) in [5.41, 5.74) is 0.144. The van der Waals surface area contributed by atoms with Crippen LogP contribution in [0, 0.1) is 0 Å². The van der Waals surface area contributed by atoms with E-state index in [1.54, 1.807) is 17.0 Å². The Morgan fingerprint density at radius 2 is 1.96 bits per heavy atom. The van der Waals surface area contributed by atoms with E-state index in [9.17, 15) is 13.2 Å². The minimum Gasteiger partial charge on any atom is -0.382 e. The molecule has 0 heterocycles. The number of urea groups is 1. The van der Waals surface area contributed by atoms with Crippen LogP contribution >= 0.6 is 11.6 Å². The Kier molecular flexibility index (Phi) is 7.14. The number of amides is 2. The molecule has 0 saturated carbocycles. The minimum absolute atomic E-state index is 0.0487. The fourth-order valence-corrected chi connectivity index (χ4v) is 2.82. The largest absolute Gasteiger partial charge is 0.382 e. The Bertz CT molecular complexity index is 714. The maximum Gasteiger partial charge on any atom is 0.318 e. The zero-order valence-electron chi connectivity index (χ0n) is 15.6. The lowest BCUT2D eigenvalue weighted by Gasteiger charge is -2.32. The van der Waals surface area contributed by atoms with Gasteiger partial charge in [0.25, 0.3) is 0 Å². The summed E-state index contributed by atoms with van der Waals surface area (Å²) in [7, 11) is -3.69. The average Bonchev–Trinajstić information content (AvgIpc) is 2.43. The van der Waals surface area contributed by atoms with Crippen LogP contribution in [0.5, 0.6) is 5.75 Å². The SMILES string of the molecule is CC[C@@H](C)N(Cc1cc(Cl)ccc1OS(C)(=O)=O)C(=O)NC(C)(C)C. The highest BCUT2D eigenvalue weighted by Gasteiger charge is 2.25. The Hall–Kier alpha value is -1.47. The van der Waals surface area contributed by atoms with E-state index in [1.165, 1.54) is 6.07 Å².